The summed E-state index contributed by atoms with van der Waals surface area (Å²) in [4.78, 5) is 12.3. The molecule has 6 nitrogen and oxygen atoms in total. The normalized spacial score (nSPS) is 12.0. The van der Waals surface area contributed by atoms with Gasteiger partial charge in [0.05, 0.1) is 21.8 Å². The van der Waals surface area contributed by atoms with Crippen molar-refractivity contribution in [2.24, 2.45) is 0 Å². The molecule has 0 aliphatic heterocycles. The van der Waals surface area contributed by atoms with Gasteiger partial charge in [0.2, 0.25) is 5.91 Å². The number of anilines is 1. The molecule has 0 aliphatic carbocycles. The Balaban J connectivity index is 1.89. The summed E-state index contributed by atoms with van der Waals surface area (Å²) in [6, 6.07) is 11.4. The Kier molecular flexibility index (Phi) is 5.91. The van der Waals surface area contributed by atoms with Gasteiger partial charge >= 0.3 is 6.18 Å². The minimum Gasteiger partial charge on any atom is -0.310 e. The first-order valence-electron chi connectivity index (χ1n) is 8.49. The number of carbonyl (C=O) groups is 1. The Morgan fingerprint density at radius 3 is 2.40 bits per heavy atom. The monoisotopic (exact) mass is 457 g/mol. The standard InChI is InChI=1S/C19H15ClF3N3O3S/c1-12-10-17(26(25-12)16-5-3-2-4-15(16)19(21,22)23)24-18(27)11-30(28,29)14-8-6-13(20)7-9-14/h2-10H,11H2,1H3,(H,24,27). The summed E-state index contributed by atoms with van der Waals surface area (Å²) < 4.78 is 65.8. The van der Waals surface area contributed by atoms with Crippen LogP contribution in [0.2, 0.25) is 5.02 Å². The molecule has 0 unspecified atom stereocenters. The lowest BCUT2D eigenvalue weighted by Crippen LogP contribution is -2.24. The van der Waals surface area contributed by atoms with Gasteiger partial charge in [0.15, 0.2) is 9.84 Å². The van der Waals surface area contributed by atoms with Gasteiger partial charge in [-0.15, -0.1) is 0 Å². The highest BCUT2D eigenvalue weighted by atomic mass is 35.5. The predicted octanol–water partition coefficient (Wildman–Crippen LogP) is 4.27. The first-order chi connectivity index (χ1) is 14.0. The molecule has 0 atom stereocenters. The summed E-state index contributed by atoms with van der Waals surface area (Å²) >= 11 is 5.73. The van der Waals surface area contributed by atoms with E-state index in [0.29, 0.717) is 10.7 Å². The van der Waals surface area contributed by atoms with E-state index in [4.69, 9.17) is 11.6 Å². The maximum Gasteiger partial charge on any atom is 0.418 e. The van der Waals surface area contributed by atoms with Crippen LogP contribution in [0.5, 0.6) is 0 Å². The topological polar surface area (TPSA) is 81.1 Å². The number of sulfone groups is 1. The number of nitrogens with zero attached hydrogens (tertiary/aromatic N) is 2. The van der Waals surface area contributed by atoms with E-state index in [9.17, 15) is 26.4 Å². The first kappa shape index (κ1) is 21.8. The van der Waals surface area contributed by atoms with Crippen molar-refractivity contribution < 1.29 is 26.4 Å². The van der Waals surface area contributed by atoms with Gasteiger partial charge in [-0.25, -0.2) is 13.1 Å². The maximum atomic E-state index is 13.4. The van der Waals surface area contributed by atoms with Gasteiger partial charge in [-0.3, -0.25) is 4.79 Å². The molecule has 0 aliphatic rings. The molecule has 1 amide bonds. The van der Waals surface area contributed by atoms with Crippen LogP contribution < -0.4 is 5.32 Å². The molecule has 1 heterocycles. The van der Waals surface area contributed by atoms with Crippen molar-refractivity contribution in [1.82, 2.24) is 9.78 Å². The van der Waals surface area contributed by atoms with Crippen molar-refractivity contribution in [2.45, 2.75) is 18.0 Å². The lowest BCUT2D eigenvalue weighted by molar-refractivity contribution is -0.137. The summed E-state index contributed by atoms with van der Waals surface area (Å²) in [5, 5.41) is 6.68. The Hall–Kier alpha value is -2.85. The highest BCUT2D eigenvalue weighted by Crippen LogP contribution is 2.34. The molecule has 0 radical (unpaired) electrons. The number of hydrogen-bond acceptors (Lipinski definition) is 4. The summed E-state index contributed by atoms with van der Waals surface area (Å²) in [5.74, 6) is -1.91. The summed E-state index contributed by atoms with van der Waals surface area (Å²) in [6.45, 7) is 1.53. The summed E-state index contributed by atoms with van der Waals surface area (Å²) in [6.07, 6.45) is -4.64. The van der Waals surface area contributed by atoms with Crippen LogP contribution in [-0.4, -0.2) is 29.9 Å². The number of hydrogen-bond donors (Lipinski definition) is 1. The van der Waals surface area contributed by atoms with Gasteiger partial charge in [-0.05, 0) is 43.3 Å². The van der Waals surface area contributed by atoms with Crippen molar-refractivity contribution in [1.29, 1.82) is 0 Å². The van der Waals surface area contributed by atoms with Gasteiger partial charge in [0, 0.05) is 11.1 Å². The quantitative estimate of drug-likeness (QED) is 0.620. The largest absolute Gasteiger partial charge is 0.418 e. The first-order valence-corrected chi connectivity index (χ1v) is 10.5. The van der Waals surface area contributed by atoms with Crippen LogP contribution in [0.1, 0.15) is 11.3 Å². The van der Waals surface area contributed by atoms with Crippen molar-refractivity contribution in [2.75, 3.05) is 11.1 Å². The van der Waals surface area contributed by atoms with Gasteiger partial charge in [0.1, 0.15) is 11.6 Å². The number of benzene rings is 2. The predicted molar refractivity (Wildman–Crippen MR) is 105 cm³/mol. The average molecular weight is 458 g/mol. The van der Waals surface area contributed by atoms with Crippen LogP contribution >= 0.6 is 11.6 Å². The van der Waals surface area contributed by atoms with E-state index in [-0.39, 0.29) is 16.4 Å². The van der Waals surface area contributed by atoms with Crippen LogP contribution in [0.4, 0.5) is 19.0 Å². The molecular formula is C19H15ClF3N3O3S. The fraction of sp³-hybridized carbons (Fsp3) is 0.158. The molecule has 0 fully saturated rings. The number of alkyl halides is 3. The second kappa shape index (κ2) is 8.11. The third-order valence-corrected chi connectivity index (χ3v) is 5.92. The third-order valence-electron chi connectivity index (χ3n) is 4.03. The summed E-state index contributed by atoms with van der Waals surface area (Å²) in [7, 11) is -3.98. The molecule has 1 aromatic heterocycles. The number of amides is 1. The van der Waals surface area contributed by atoms with E-state index < -0.39 is 33.2 Å². The minimum atomic E-state index is -4.64. The molecule has 0 saturated heterocycles. The van der Waals surface area contributed by atoms with E-state index in [1.54, 1.807) is 0 Å². The molecule has 2 aromatic carbocycles. The number of aryl methyl sites for hydroxylation is 1. The molecule has 11 heteroatoms. The molecule has 0 bridgehead atoms. The van der Waals surface area contributed by atoms with Crippen LogP contribution in [-0.2, 0) is 20.8 Å². The number of aromatic nitrogens is 2. The van der Waals surface area contributed by atoms with Crippen LogP contribution in [0, 0.1) is 6.92 Å². The Morgan fingerprint density at radius 1 is 1.13 bits per heavy atom. The molecule has 3 rings (SSSR count). The lowest BCUT2D eigenvalue weighted by Gasteiger charge is -2.15. The Bertz CT molecular complexity index is 1190. The number of halogens is 4. The lowest BCUT2D eigenvalue weighted by atomic mass is 10.1. The third kappa shape index (κ3) is 4.82. The van der Waals surface area contributed by atoms with E-state index >= 15 is 0 Å². The van der Waals surface area contributed by atoms with Crippen LogP contribution in [0.25, 0.3) is 5.69 Å². The fourth-order valence-corrected chi connectivity index (χ4v) is 4.01. The Morgan fingerprint density at radius 2 is 1.77 bits per heavy atom. The maximum absolute atomic E-state index is 13.4. The van der Waals surface area contributed by atoms with Crippen LogP contribution in [0.3, 0.4) is 0 Å². The molecule has 30 heavy (non-hydrogen) atoms. The highest BCUT2D eigenvalue weighted by molar-refractivity contribution is 7.92. The molecule has 3 aromatic rings. The van der Waals surface area contributed by atoms with Crippen molar-refractivity contribution >= 4 is 33.2 Å². The molecule has 158 valence electrons. The average Bonchev–Trinajstić information content (AvgIpc) is 3.00. The zero-order chi connectivity index (χ0) is 22.1. The van der Waals surface area contributed by atoms with Crippen molar-refractivity contribution in [3.05, 3.63) is 70.9 Å². The zero-order valence-electron chi connectivity index (χ0n) is 15.4. The highest BCUT2D eigenvalue weighted by Gasteiger charge is 2.34. The summed E-state index contributed by atoms with van der Waals surface area (Å²) in [5.41, 5.74) is -0.908. The van der Waals surface area contributed by atoms with Gasteiger partial charge in [-0.2, -0.15) is 18.3 Å². The SMILES string of the molecule is Cc1cc(NC(=O)CS(=O)(=O)c2ccc(Cl)cc2)n(-c2ccccc2C(F)(F)F)n1. The molecule has 0 saturated carbocycles. The zero-order valence-corrected chi connectivity index (χ0v) is 17.0. The van der Waals surface area contributed by atoms with Crippen molar-refractivity contribution in [3.63, 3.8) is 0 Å². The van der Waals surface area contributed by atoms with Crippen molar-refractivity contribution in [3.8, 4) is 5.69 Å². The number of carbonyl (C=O) groups excluding carboxylic acids is 1. The van der Waals surface area contributed by atoms with Crippen LogP contribution in [0.15, 0.2) is 59.5 Å². The number of rotatable bonds is 5. The minimum absolute atomic E-state index is 0.0829. The van der Waals surface area contributed by atoms with Gasteiger partial charge < -0.3 is 5.32 Å². The fourth-order valence-electron chi connectivity index (χ4n) is 2.75. The molecule has 0 spiro atoms. The van der Waals surface area contributed by atoms with E-state index in [1.807, 2.05) is 0 Å². The molecular weight excluding hydrogens is 443 g/mol. The van der Waals surface area contributed by atoms with Gasteiger partial charge in [0.25, 0.3) is 0 Å². The Labute approximate surface area is 175 Å². The number of para-hydroxylation sites is 1. The smallest absolute Gasteiger partial charge is 0.310 e. The van der Waals surface area contributed by atoms with E-state index in [1.165, 1.54) is 55.5 Å². The van der Waals surface area contributed by atoms with E-state index in [2.05, 4.69) is 10.4 Å². The second-order valence-electron chi connectivity index (χ2n) is 6.36. The second-order valence-corrected chi connectivity index (χ2v) is 8.78. The molecule has 1 N–H and O–H groups in total. The van der Waals surface area contributed by atoms with E-state index in [0.717, 1.165) is 10.7 Å². The van der Waals surface area contributed by atoms with Gasteiger partial charge in [-0.1, -0.05) is 23.7 Å². The number of nitrogens with one attached hydrogen (secondary N) is 1.